The first kappa shape index (κ1) is 15.6. The maximum atomic E-state index is 4.19. The van der Waals surface area contributed by atoms with Crippen LogP contribution in [-0.4, -0.2) is 39.9 Å². The summed E-state index contributed by atoms with van der Waals surface area (Å²) in [7, 11) is 0. The first-order valence-electron chi connectivity index (χ1n) is 9.23. The highest BCUT2D eigenvalue weighted by Crippen LogP contribution is 2.28. The molecule has 1 aromatic heterocycles. The Kier molecular flexibility index (Phi) is 4.52. The van der Waals surface area contributed by atoms with Gasteiger partial charge < -0.3 is 10.2 Å². The van der Waals surface area contributed by atoms with Crippen molar-refractivity contribution in [3.05, 3.63) is 42.0 Å². The Morgan fingerprint density at radius 3 is 2.83 bits per heavy atom. The van der Waals surface area contributed by atoms with E-state index in [-0.39, 0.29) is 0 Å². The SMILES string of the molecule is CC(Cn1cncn1)NC1CCN(c2ccc3c(c2)CCC3)CC1. The van der Waals surface area contributed by atoms with Crippen molar-refractivity contribution < 1.29 is 0 Å². The van der Waals surface area contributed by atoms with Gasteiger partial charge in [0, 0.05) is 30.9 Å². The van der Waals surface area contributed by atoms with Gasteiger partial charge in [-0.25, -0.2) is 4.98 Å². The van der Waals surface area contributed by atoms with Gasteiger partial charge in [0.2, 0.25) is 0 Å². The highest BCUT2D eigenvalue weighted by atomic mass is 15.3. The van der Waals surface area contributed by atoms with Crippen molar-refractivity contribution in [1.82, 2.24) is 20.1 Å². The van der Waals surface area contributed by atoms with E-state index in [0.717, 1.165) is 19.6 Å². The normalized spacial score (nSPS) is 19.5. The van der Waals surface area contributed by atoms with E-state index in [2.05, 4.69) is 45.4 Å². The number of aryl methyl sites for hydroxylation is 2. The van der Waals surface area contributed by atoms with Gasteiger partial charge in [-0.15, -0.1) is 0 Å². The molecule has 2 aromatic rings. The summed E-state index contributed by atoms with van der Waals surface area (Å²) in [5.41, 5.74) is 4.57. The molecule has 0 amide bonds. The molecular formula is C19H27N5. The first-order valence-corrected chi connectivity index (χ1v) is 9.23. The molecule has 1 atom stereocenters. The third-order valence-corrected chi connectivity index (χ3v) is 5.39. The molecule has 5 heteroatoms. The van der Waals surface area contributed by atoms with E-state index in [1.165, 1.54) is 37.8 Å². The monoisotopic (exact) mass is 325 g/mol. The molecule has 1 aromatic carbocycles. The van der Waals surface area contributed by atoms with Gasteiger partial charge in [-0.3, -0.25) is 4.68 Å². The molecule has 1 N–H and O–H groups in total. The second-order valence-electron chi connectivity index (χ2n) is 7.25. The van der Waals surface area contributed by atoms with Gasteiger partial charge in [-0.2, -0.15) is 5.10 Å². The van der Waals surface area contributed by atoms with Gasteiger partial charge >= 0.3 is 0 Å². The Balaban J connectivity index is 1.29. The number of rotatable bonds is 5. The van der Waals surface area contributed by atoms with Crippen LogP contribution >= 0.6 is 0 Å². The summed E-state index contributed by atoms with van der Waals surface area (Å²) < 4.78 is 1.90. The van der Waals surface area contributed by atoms with E-state index in [4.69, 9.17) is 0 Å². The lowest BCUT2D eigenvalue weighted by Gasteiger charge is -2.35. The van der Waals surface area contributed by atoms with E-state index in [1.54, 1.807) is 23.8 Å². The Morgan fingerprint density at radius 2 is 2.04 bits per heavy atom. The summed E-state index contributed by atoms with van der Waals surface area (Å²) >= 11 is 0. The number of fused-ring (bicyclic) bond motifs is 1. The van der Waals surface area contributed by atoms with Gasteiger partial charge in [0.1, 0.15) is 12.7 Å². The quantitative estimate of drug-likeness (QED) is 0.917. The summed E-state index contributed by atoms with van der Waals surface area (Å²) in [4.78, 5) is 6.56. The van der Waals surface area contributed by atoms with Crippen LogP contribution in [-0.2, 0) is 19.4 Å². The zero-order chi connectivity index (χ0) is 16.4. The number of piperidine rings is 1. The molecule has 2 heterocycles. The van der Waals surface area contributed by atoms with Gasteiger partial charge in [0.05, 0.1) is 6.54 Å². The van der Waals surface area contributed by atoms with Crippen LogP contribution < -0.4 is 10.2 Å². The minimum Gasteiger partial charge on any atom is -0.371 e. The lowest BCUT2D eigenvalue weighted by molar-refractivity contribution is 0.348. The van der Waals surface area contributed by atoms with E-state index >= 15 is 0 Å². The maximum absolute atomic E-state index is 4.19. The molecule has 0 radical (unpaired) electrons. The van der Waals surface area contributed by atoms with Gasteiger partial charge in [0.15, 0.2) is 0 Å². The zero-order valence-corrected chi connectivity index (χ0v) is 14.5. The van der Waals surface area contributed by atoms with Crippen LogP contribution in [0.2, 0.25) is 0 Å². The number of benzene rings is 1. The third kappa shape index (κ3) is 3.46. The van der Waals surface area contributed by atoms with E-state index in [0.29, 0.717) is 12.1 Å². The topological polar surface area (TPSA) is 46.0 Å². The molecule has 128 valence electrons. The molecule has 1 unspecified atom stereocenters. The van der Waals surface area contributed by atoms with E-state index in [1.807, 2.05) is 4.68 Å². The molecule has 0 saturated carbocycles. The number of aromatic nitrogens is 3. The second-order valence-corrected chi connectivity index (χ2v) is 7.25. The maximum Gasteiger partial charge on any atom is 0.137 e. The van der Waals surface area contributed by atoms with Crippen LogP contribution in [0.5, 0.6) is 0 Å². The smallest absolute Gasteiger partial charge is 0.137 e. The fraction of sp³-hybridized carbons (Fsp3) is 0.579. The lowest BCUT2D eigenvalue weighted by Crippen LogP contribution is -2.46. The molecule has 1 aliphatic carbocycles. The summed E-state index contributed by atoms with van der Waals surface area (Å²) in [6.45, 7) is 5.40. The molecule has 24 heavy (non-hydrogen) atoms. The van der Waals surface area contributed by atoms with Crippen LogP contribution in [0.15, 0.2) is 30.9 Å². The molecule has 0 spiro atoms. The Bertz CT molecular complexity index is 658. The van der Waals surface area contributed by atoms with E-state index < -0.39 is 0 Å². The third-order valence-electron chi connectivity index (χ3n) is 5.39. The number of nitrogens with zero attached hydrogens (tertiary/aromatic N) is 4. The number of hydrogen-bond acceptors (Lipinski definition) is 4. The van der Waals surface area contributed by atoms with Crippen molar-refractivity contribution in [3.8, 4) is 0 Å². The largest absolute Gasteiger partial charge is 0.371 e. The highest BCUT2D eigenvalue weighted by Gasteiger charge is 2.22. The predicted octanol–water partition coefficient (Wildman–Crippen LogP) is 2.41. The molecule has 2 aliphatic rings. The minimum absolute atomic E-state index is 0.420. The molecule has 4 rings (SSSR count). The summed E-state index contributed by atoms with van der Waals surface area (Å²) in [6, 6.07) is 8.13. The average Bonchev–Trinajstić information content (AvgIpc) is 3.26. The molecule has 1 aliphatic heterocycles. The van der Waals surface area contributed by atoms with Gasteiger partial charge in [-0.05, 0) is 62.3 Å². The average molecular weight is 325 g/mol. The summed E-state index contributed by atoms with van der Waals surface area (Å²) in [5.74, 6) is 0. The first-order chi connectivity index (χ1) is 11.8. The zero-order valence-electron chi connectivity index (χ0n) is 14.5. The highest BCUT2D eigenvalue weighted by molar-refractivity contribution is 5.52. The van der Waals surface area contributed by atoms with Crippen molar-refractivity contribution in [2.45, 2.75) is 57.7 Å². The van der Waals surface area contributed by atoms with E-state index in [9.17, 15) is 0 Å². The molecular weight excluding hydrogens is 298 g/mol. The standard InChI is InChI=1S/C19H27N5/c1-15(12-24-14-20-13-21-24)22-18-7-9-23(10-8-18)19-6-5-16-3-2-4-17(16)11-19/h5-6,11,13-15,18,22H,2-4,7-10,12H2,1H3. The van der Waals surface area contributed by atoms with Gasteiger partial charge in [0.25, 0.3) is 0 Å². The number of anilines is 1. The van der Waals surface area contributed by atoms with Crippen molar-refractivity contribution in [3.63, 3.8) is 0 Å². The molecule has 1 saturated heterocycles. The fourth-order valence-electron chi connectivity index (χ4n) is 4.12. The fourth-order valence-corrected chi connectivity index (χ4v) is 4.12. The Hall–Kier alpha value is -1.88. The van der Waals surface area contributed by atoms with Gasteiger partial charge in [-0.1, -0.05) is 6.07 Å². The Labute approximate surface area is 144 Å². The van der Waals surface area contributed by atoms with Crippen LogP contribution in [0.4, 0.5) is 5.69 Å². The lowest BCUT2D eigenvalue weighted by atomic mass is 10.0. The van der Waals surface area contributed by atoms with Crippen molar-refractivity contribution in [2.24, 2.45) is 0 Å². The van der Waals surface area contributed by atoms with Crippen LogP contribution in [0, 0.1) is 0 Å². The van der Waals surface area contributed by atoms with Crippen molar-refractivity contribution >= 4 is 5.69 Å². The summed E-state index contributed by atoms with van der Waals surface area (Å²) in [6.07, 6.45) is 9.66. The Morgan fingerprint density at radius 1 is 1.21 bits per heavy atom. The van der Waals surface area contributed by atoms with Crippen LogP contribution in [0.25, 0.3) is 0 Å². The molecule has 5 nitrogen and oxygen atoms in total. The second kappa shape index (κ2) is 6.93. The van der Waals surface area contributed by atoms with Crippen LogP contribution in [0.3, 0.4) is 0 Å². The minimum atomic E-state index is 0.420. The molecule has 0 bridgehead atoms. The number of hydrogen-bond donors (Lipinski definition) is 1. The number of nitrogens with one attached hydrogen (secondary N) is 1. The van der Waals surface area contributed by atoms with Crippen molar-refractivity contribution in [1.29, 1.82) is 0 Å². The van der Waals surface area contributed by atoms with Crippen LogP contribution in [0.1, 0.15) is 37.3 Å². The summed E-state index contributed by atoms with van der Waals surface area (Å²) in [5, 5.41) is 7.94. The van der Waals surface area contributed by atoms with Crippen molar-refractivity contribution in [2.75, 3.05) is 18.0 Å². The molecule has 1 fully saturated rings. The predicted molar refractivity (Wildman–Crippen MR) is 96.3 cm³/mol.